The fourth-order valence-corrected chi connectivity index (χ4v) is 4.06. The lowest BCUT2D eigenvalue weighted by atomic mass is 10.1. The maximum Gasteiger partial charge on any atom is 0.410 e. The number of carbonyl (C=O) groups is 2. The maximum absolute atomic E-state index is 12.7. The number of carbonyl (C=O) groups excluding carboxylic acids is 2. The first kappa shape index (κ1) is 19.4. The first-order chi connectivity index (χ1) is 13.2. The lowest BCUT2D eigenvalue weighted by molar-refractivity contribution is -0.896. The average molecular weight is 389 g/mol. The molecule has 0 radical (unpaired) electrons. The highest BCUT2D eigenvalue weighted by Crippen LogP contribution is 2.25. The van der Waals surface area contributed by atoms with Crippen LogP contribution in [0, 0.1) is 0 Å². The second-order valence-corrected chi connectivity index (χ2v) is 7.52. The summed E-state index contributed by atoms with van der Waals surface area (Å²) >= 11 is 1.64. The summed E-state index contributed by atoms with van der Waals surface area (Å²) in [5.41, 5.74) is 1.08. The van der Waals surface area contributed by atoms with Gasteiger partial charge in [-0.3, -0.25) is 9.69 Å². The molecule has 0 unspecified atom stereocenters. The van der Waals surface area contributed by atoms with Gasteiger partial charge in [-0.1, -0.05) is 36.4 Å². The van der Waals surface area contributed by atoms with Gasteiger partial charge in [-0.25, -0.2) is 4.79 Å². The highest BCUT2D eigenvalue weighted by atomic mass is 32.1. The van der Waals surface area contributed by atoms with Crippen molar-refractivity contribution in [3.05, 3.63) is 58.3 Å². The molecule has 1 saturated heterocycles. The topological polar surface area (TPSA) is 63.1 Å². The van der Waals surface area contributed by atoms with Gasteiger partial charge in [0.25, 0.3) is 5.91 Å². The van der Waals surface area contributed by atoms with Gasteiger partial charge in [0.15, 0.2) is 6.54 Å². The molecule has 7 heteroatoms. The van der Waals surface area contributed by atoms with Gasteiger partial charge in [0, 0.05) is 4.88 Å². The summed E-state index contributed by atoms with van der Waals surface area (Å²) in [6, 6.07) is 14.0. The quantitative estimate of drug-likeness (QED) is 0.784. The van der Waals surface area contributed by atoms with E-state index in [9.17, 15) is 9.59 Å². The number of hydrogen-bond donors (Lipinski definition) is 2. The predicted octanol–water partition coefficient (Wildman–Crippen LogP) is 1.31. The molecule has 0 bridgehead atoms. The Morgan fingerprint density at radius 2 is 1.93 bits per heavy atom. The SMILES string of the molecule is CCOC(=O)N1CC[NH+](CC(=O)N[C@H](c2ccccc2)c2cccs2)CC1. The summed E-state index contributed by atoms with van der Waals surface area (Å²) in [7, 11) is 0. The van der Waals surface area contributed by atoms with E-state index in [2.05, 4.69) is 5.32 Å². The van der Waals surface area contributed by atoms with Crippen molar-refractivity contribution in [2.45, 2.75) is 13.0 Å². The van der Waals surface area contributed by atoms with Gasteiger partial charge in [0.05, 0.1) is 38.8 Å². The van der Waals surface area contributed by atoms with E-state index in [1.54, 1.807) is 23.2 Å². The summed E-state index contributed by atoms with van der Waals surface area (Å²) in [4.78, 5) is 28.5. The summed E-state index contributed by atoms with van der Waals surface area (Å²) in [6.07, 6.45) is -0.261. The molecule has 1 aromatic carbocycles. The van der Waals surface area contributed by atoms with Crippen molar-refractivity contribution in [2.24, 2.45) is 0 Å². The maximum atomic E-state index is 12.7. The molecule has 3 rings (SSSR count). The second-order valence-electron chi connectivity index (χ2n) is 6.54. The van der Waals surface area contributed by atoms with Crippen LogP contribution in [0.2, 0.25) is 0 Å². The smallest absolute Gasteiger partial charge is 0.410 e. The van der Waals surface area contributed by atoms with Crippen molar-refractivity contribution < 1.29 is 19.2 Å². The van der Waals surface area contributed by atoms with Gasteiger partial charge in [-0.15, -0.1) is 11.3 Å². The van der Waals surface area contributed by atoms with E-state index < -0.39 is 0 Å². The van der Waals surface area contributed by atoms with Crippen LogP contribution in [0.3, 0.4) is 0 Å². The van der Waals surface area contributed by atoms with Crippen molar-refractivity contribution in [2.75, 3.05) is 39.3 Å². The van der Waals surface area contributed by atoms with Crippen LogP contribution in [0.1, 0.15) is 23.4 Å². The van der Waals surface area contributed by atoms with Crippen LogP contribution in [-0.2, 0) is 9.53 Å². The second kappa shape index (κ2) is 9.53. The lowest BCUT2D eigenvalue weighted by Gasteiger charge is -2.31. The number of benzene rings is 1. The van der Waals surface area contributed by atoms with Gasteiger partial charge < -0.3 is 15.0 Å². The van der Waals surface area contributed by atoms with E-state index in [4.69, 9.17) is 4.74 Å². The van der Waals surface area contributed by atoms with Crippen molar-refractivity contribution in [1.82, 2.24) is 10.2 Å². The van der Waals surface area contributed by atoms with Gasteiger partial charge >= 0.3 is 6.09 Å². The van der Waals surface area contributed by atoms with Crippen molar-refractivity contribution in [3.63, 3.8) is 0 Å². The number of piperazine rings is 1. The lowest BCUT2D eigenvalue weighted by Crippen LogP contribution is -3.15. The van der Waals surface area contributed by atoms with Gasteiger partial charge in [0.2, 0.25) is 0 Å². The summed E-state index contributed by atoms with van der Waals surface area (Å²) in [5.74, 6) is 0.0248. The van der Waals surface area contributed by atoms with Crippen LogP contribution in [0.15, 0.2) is 47.8 Å². The van der Waals surface area contributed by atoms with Crippen LogP contribution in [0.25, 0.3) is 0 Å². The third-order valence-corrected chi connectivity index (χ3v) is 5.61. The molecule has 144 valence electrons. The Hall–Kier alpha value is -2.38. The number of ether oxygens (including phenoxy) is 1. The summed E-state index contributed by atoms with van der Waals surface area (Å²) in [5, 5.41) is 5.21. The standard InChI is InChI=1S/C20H25N3O3S/c1-2-26-20(25)23-12-10-22(11-13-23)15-18(24)21-19(17-9-6-14-27-17)16-7-4-3-5-8-16/h3-9,14,19H,2,10-13,15H2,1H3,(H,21,24)/p+1/t19-/m1/s1. The Morgan fingerprint density at radius 1 is 1.19 bits per heavy atom. The van der Waals surface area contributed by atoms with Crippen LogP contribution in [-0.4, -0.2) is 56.2 Å². The van der Waals surface area contributed by atoms with Crippen molar-refractivity contribution in [1.29, 1.82) is 0 Å². The van der Waals surface area contributed by atoms with Crippen molar-refractivity contribution >= 4 is 23.3 Å². The summed E-state index contributed by atoms with van der Waals surface area (Å²) < 4.78 is 5.04. The van der Waals surface area contributed by atoms with E-state index in [1.165, 1.54) is 4.90 Å². The normalized spacial score (nSPS) is 16.0. The molecule has 1 aromatic heterocycles. The van der Waals surface area contributed by atoms with E-state index in [0.29, 0.717) is 26.2 Å². The summed E-state index contributed by atoms with van der Waals surface area (Å²) in [6.45, 7) is 5.34. The molecule has 1 aliphatic rings. The van der Waals surface area contributed by atoms with E-state index in [0.717, 1.165) is 23.5 Å². The molecule has 2 amide bonds. The molecule has 0 saturated carbocycles. The number of nitrogens with one attached hydrogen (secondary N) is 2. The molecule has 0 aliphatic carbocycles. The first-order valence-corrected chi connectivity index (χ1v) is 10.2. The molecule has 2 N–H and O–H groups in total. The molecular formula is C20H26N3O3S+. The highest BCUT2D eigenvalue weighted by Gasteiger charge is 2.27. The minimum absolute atomic E-state index is 0.0248. The molecule has 6 nitrogen and oxygen atoms in total. The zero-order chi connectivity index (χ0) is 19.1. The molecule has 2 heterocycles. The molecule has 0 spiro atoms. The fourth-order valence-electron chi connectivity index (χ4n) is 3.26. The molecular weight excluding hydrogens is 362 g/mol. The fraction of sp³-hybridized carbons (Fsp3) is 0.400. The number of amides is 2. The van der Waals surface area contributed by atoms with E-state index in [1.807, 2.05) is 47.8 Å². The van der Waals surface area contributed by atoms with Crippen LogP contribution < -0.4 is 10.2 Å². The molecule has 27 heavy (non-hydrogen) atoms. The van der Waals surface area contributed by atoms with Crippen LogP contribution in [0.5, 0.6) is 0 Å². The predicted molar refractivity (Wildman–Crippen MR) is 105 cm³/mol. The van der Waals surface area contributed by atoms with Crippen LogP contribution in [0.4, 0.5) is 4.79 Å². The largest absolute Gasteiger partial charge is 0.450 e. The Morgan fingerprint density at radius 3 is 2.56 bits per heavy atom. The first-order valence-electron chi connectivity index (χ1n) is 9.30. The minimum Gasteiger partial charge on any atom is -0.450 e. The molecule has 1 fully saturated rings. The number of quaternary nitrogens is 1. The van der Waals surface area contributed by atoms with Gasteiger partial charge in [0.1, 0.15) is 0 Å². The van der Waals surface area contributed by atoms with Gasteiger partial charge in [-0.05, 0) is 23.9 Å². The Bertz CT molecular complexity index is 728. The molecule has 1 atom stereocenters. The Kier molecular flexibility index (Phi) is 6.84. The van der Waals surface area contributed by atoms with Crippen LogP contribution >= 0.6 is 11.3 Å². The van der Waals surface area contributed by atoms with Gasteiger partial charge in [-0.2, -0.15) is 0 Å². The average Bonchev–Trinajstić information content (AvgIpc) is 3.22. The zero-order valence-corrected chi connectivity index (χ0v) is 16.3. The molecule has 1 aliphatic heterocycles. The van der Waals surface area contributed by atoms with E-state index >= 15 is 0 Å². The van der Waals surface area contributed by atoms with E-state index in [-0.39, 0.29) is 18.0 Å². The number of hydrogen-bond acceptors (Lipinski definition) is 4. The highest BCUT2D eigenvalue weighted by molar-refractivity contribution is 7.10. The van der Waals surface area contributed by atoms with Crippen molar-refractivity contribution in [3.8, 4) is 0 Å². The monoisotopic (exact) mass is 388 g/mol. The third kappa shape index (κ3) is 5.30. The molecule has 2 aromatic rings. The number of rotatable bonds is 6. The Balaban J connectivity index is 1.56. The zero-order valence-electron chi connectivity index (χ0n) is 15.5. The number of nitrogens with zero attached hydrogens (tertiary/aromatic N) is 1. The third-order valence-electron chi connectivity index (χ3n) is 4.67. The number of thiophene rings is 1. The minimum atomic E-state index is -0.261. The Labute approximate surface area is 163 Å².